The molecule has 0 aliphatic carbocycles. The standard InChI is InChI=1S/C24H35N3O4/c28-24(21-11-16-31-17-12-21)26-13-3-1-2-4-23(26)20-9-14-25(15-10-20)18-19-5-7-22(8-6-19)27(29)30/h5-8,20-21,23H,1-4,9-18H2/t23-/m0/s1. The van der Waals surface area contributed by atoms with Crippen molar-refractivity contribution in [2.45, 2.75) is 64.0 Å². The van der Waals surface area contributed by atoms with E-state index in [1.165, 1.54) is 12.8 Å². The fourth-order valence-corrected chi connectivity index (χ4v) is 5.55. The van der Waals surface area contributed by atoms with Crippen LogP contribution < -0.4 is 0 Å². The van der Waals surface area contributed by atoms with Gasteiger partial charge in [0.15, 0.2) is 0 Å². The van der Waals surface area contributed by atoms with Crippen LogP contribution in [-0.4, -0.2) is 59.5 Å². The lowest BCUT2D eigenvalue weighted by molar-refractivity contribution is -0.384. The summed E-state index contributed by atoms with van der Waals surface area (Å²) in [5.41, 5.74) is 1.26. The molecule has 1 atom stereocenters. The average molecular weight is 430 g/mol. The molecule has 170 valence electrons. The van der Waals surface area contributed by atoms with E-state index in [-0.39, 0.29) is 16.5 Å². The molecule has 0 aromatic heterocycles. The molecule has 1 amide bonds. The molecule has 3 fully saturated rings. The summed E-state index contributed by atoms with van der Waals surface area (Å²) < 4.78 is 5.47. The first kappa shape index (κ1) is 22.2. The molecule has 31 heavy (non-hydrogen) atoms. The van der Waals surface area contributed by atoms with Crippen molar-refractivity contribution in [3.63, 3.8) is 0 Å². The van der Waals surface area contributed by atoms with E-state index in [0.717, 1.165) is 83.5 Å². The Labute approximate surface area is 184 Å². The van der Waals surface area contributed by atoms with Crippen LogP contribution in [0.15, 0.2) is 24.3 Å². The Morgan fingerprint density at radius 2 is 1.68 bits per heavy atom. The predicted molar refractivity (Wildman–Crippen MR) is 119 cm³/mol. The quantitative estimate of drug-likeness (QED) is 0.522. The fourth-order valence-electron chi connectivity index (χ4n) is 5.55. The zero-order valence-electron chi connectivity index (χ0n) is 18.4. The van der Waals surface area contributed by atoms with Crippen molar-refractivity contribution in [3.05, 3.63) is 39.9 Å². The molecule has 3 aliphatic rings. The zero-order chi connectivity index (χ0) is 21.6. The Morgan fingerprint density at radius 1 is 0.968 bits per heavy atom. The van der Waals surface area contributed by atoms with Gasteiger partial charge in [0.1, 0.15) is 0 Å². The molecule has 1 aromatic rings. The number of rotatable bonds is 5. The minimum absolute atomic E-state index is 0.144. The average Bonchev–Trinajstić information content (AvgIpc) is 3.06. The first-order chi connectivity index (χ1) is 15.1. The molecule has 0 N–H and O–H groups in total. The first-order valence-electron chi connectivity index (χ1n) is 12.0. The molecule has 3 heterocycles. The van der Waals surface area contributed by atoms with Gasteiger partial charge in [-0.3, -0.25) is 19.8 Å². The van der Waals surface area contributed by atoms with E-state index >= 15 is 0 Å². The van der Waals surface area contributed by atoms with Crippen molar-refractivity contribution in [2.24, 2.45) is 11.8 Å². The number of nitrogens with zero attached hydrogens (tertiary/aromatic N) is 3. The highest BCUT2D eigenvalue weighted by Crippen LogP contribution is 2.32. The molecule has 3 aliphatic heterocycles. The third kappa shape index (κ3) is 5.63. The lowest BCUT2D eigenvalue weighted by atomic mass is 9.85. The number of non-ortho nitro benzene ring substituents is 1. The van der Waals surface area contributed by atoms with Crippen molar-refractivity contribution >= 4 is 11.6 Å². The van der Waals surface area contributed by atoms with Crippen LogP contribution >= 0.6 is 0 Å². The number of hydrogen-bond acceptors (Lipinski definition) is 5. The molecule has 1 aromatic carbocycles. The van der Waals surface area contributed by atoms with Gasteiger partial charge in [-0.15, -0.1) is 0 Å². The number of benzene rings is 1. The third-order valence-corrected chi connectivity index (χ3v) is 7.38. The number of carbonyl (C=O) groups is 1. The molecule has 0 spiro atoms. The summed E-state index contributed by atoms with van der Waals surface area (Å²) in [7, 11) is 0. The Bertz CT molecular complexity index is 740. The van der Waals surface area contributed by atoms with E-state index in [1.807, 2.05) is 12.1 Å². The number of ether oxygens (including phenoxy) is 1. The summed E-state index contributed by atoms with van der Waals surface area (Å²) in [6.45, 7) is 5.24. The van der Waals surface area contributed by atoms with E-state index in [0.29, 0.717) is 17.9 Å². The van der Waals surface area contributed by atoms with Gasteiger partial charge in [0.05, 0.1) is 4.92 Å². The molecule has 3 saturated heterocycles. The molecule has 0 bridgehead atoms. The van der Waals surface area contributed by atoms with E-state index in [4.69, 9.17) is 4.74 Å². The first-order valence-corrected chi connectivity index (χ1v) is 12.0. The summed E-state index contributed by atoms with van der Waals surface area (Å²) in [5.74, 6) is 1.11. The normalized spacial score (nSPS) is 24.6. The van der Waals surface area contributed by atoms with Crippen LogP contribution in [0.5, 0.6) is 0 Å². The van der Waals surface area contributed by atoms with Crippen molar-refractivity contribution in [1.82, 2.24) is 9.80 Å². The summed E-state index contributed by atoms with van der Waals surface area (Å²) in [5, 5.41) is 10.8. The molecule has 0 saturated carbocycles. The van der Waals surface area contributed by atoms with Crippen LogP contribution in [0.1, 0.15) is 56.9 Å². The maximum absolute atomic E-state index is 13.4. The summed E-state index contributed by atoms with van der Waals surface area (Å²) in [6, 6.07) is 7.30. The van der Waals surface area contributed by atoms with Gasteiger partial charge in [0.25, 0.3) is 5.69 Å². The van der Waals surface area contributed by atoms with Gasteiger partial charge in [-0.1, -0.05) is 25.0 Å². The van der Waals surface area contributed by atoms with Gasteiger partial charge in [0, 0.05) is 50.4 Å². The number of hydrogen-bond donors (Lipinski definition) is 0. The van der Waals surface area contributed by atoms with E-state index in [1.54, 1.807) is 12.1 Å². The highest BCUT2D eigenvalue weighted by molar-refractivity contribution is 5.79. The molecule has 0 radical (unpaired) electrons. The third-order valence-electron chi connectivity index (χ3n) is 7.38. The van der Waals surface area contributed by atoms with Gasteiger partial charge < -0.3 is 9.64 Å². The second-order valence-corrected chi connectivity index (χ2v) is 9.37. The fraction of sp³-hybridized carbons (Fsp3) is 0.708. The number of piperidine rings is 1. The molecule has 4 rings (SSSR count). The van der Waals surface area contributed by atoms with Crippen LogP contribution in [0.2, 0.25) is 0 Å². The van der Waals surface area contributed by atoms with Crippen LogP contribution in [0, 0.1) is 22.0 Å². The second kappa shape index (κ2) is 10.6. The topological polar surface area (TPSA) is 75.9 Å². The van der Waals surface area contributed by atoms with Crippen molar-refractivity contribution in [1.29, 1.82) is 0 Å². The molecular formula is C24H35N3O4. The van der Waals surface area contributed by atoms with E-state index < -0.39 is 0 Å². The van der Waals surface area contributed by atoms with Gasteiger partial charge in [-0.05, 0) is 63.1 Å². The van der Waals surface area contributed by atoms with E-state index in [9.17, 15) is 14.9 Å². The van der Waals surface area contributed by atoms with Gasteiger partial charge in [0.2, 0.25) is 5.91 Å². The number of nitro benzene ring substituents is 1. The zero-order valence-corrected chi connectivity index (χ0v) is 18.4. The Hall–Kier alpha value is -1.99. The number of nitro groups is 1. The van der Waals surface area contributed by atoms with E-state index in [2.05, 4.69) is 9.80 Å². The second-order valence-electron chi connectivity index (χ2n) is 9.37. The maximum atomic E-state index is 13.4. The SMILES string of the molecule is O=C(C1CCOCC1)N1CCCCC[C@H]1C1CCN(Cc2ccc([N+](=O)[O-])cc2)CC1. The number of carbonyl (C=O) groups excluding carboxylic acids is 1. The largest absolute Gasteiger partial charge is 0.381 e. The van der Waals surface area contributed by atoms with Crippen LogP contribution in [-0.2, 0) is 16.1 Å². The number of likely N-dealkylation sites (tertiary alicyclic amines) is 2. The lowest BCUT2D eigenvalue weighted by Crippen LogP contribution is -2.50. The minimum Gasteiger partial charge on any atom is -0.381 e. The smallest absolute Gasteiger partial charge is 0.269 e. The maximum Gasteiger partial charge on any atom is 0.269 e. The van der Waals surface area contributed by atoms with Crippen LogP contribution in [0.4, 0.5) is 5.69 Å². The van der Waals surface area contributed by atoms with Gasteiger partial charge >= 0.3 is 0 Å². The minimum atomic E-state index is -0.352. The Balaban J connectivity index is 1.34. The lowest BCUT2D eigenvalue weighted by Gasteiger charge is -2.42. The van der Waals surface area contributed by atoms with Crippen LogP contribution in [0.25, 0.3) is 0 Å². The molecule has 7 nitrogen and oxygen atoms in total. The van der Waals surface area contributed by atoms with Crippen molar-refractivity contribution < 1.29 is 14.5 Å². The molecule has 0 unspecified atom stereocenters. The summed E-state index contributed by atoms with van der Waals surface area (Å²) in [6.07, 6.45) is 8.71. The van der Waals surface area contributed by atoms with Crippen molar-refractivity contribution in [3.8, 4) is 0 Å². The van der Waals surface area contributed by atoms with Gasteiger partial charge in [-0.25, -0.2) is 0 Å². The van der Waals surface area contributed by atoms with Crippen LogP contribution in [0.3, 0.4) is 0 Å². The molecule has 7 heteroatoms. The predicted octanol–water partition coefficient (Wildman–Crippen LogP) is 4.00. The summed E-state index contributed by atoms with van der Waals surface area (Å²) in [4.78, 5) is 28.6. The highest BCUT2D eigenvalue weighted by atomic mass is 16.6. The molecular weight excluding hydrogens is 394 g/mol. The number of amides is 1. The monoisotopic (exact) mass is 429 g/mol. The Morgan fingerprint density at radius 3 is 2.35 bits per heavy atom. The summed E-state index contributed by atoms with van der Waals surface area (Å²) >= 11 is 0. The van der Waals surface area contributed by atoms with Gasteiger partial charge in [-0.2, -0.15) is 0 Å². The highest BCUT2D eigenvalue weighted by Gasteiger charge is 2.36. The van der Waals surface area contributed by atoms with Crippen molar-refractivity contribution in [2.75, 3.05) is 32.8 Å². The Kier molecular flexibility index (Phi) is 7.56.